The number of aromatic nitrogens is 1. The molecule has 1 fully saturated rings. The van der Waals surface area contributed by atoms with E-state index in [4.69, 9.17) is 24.4 Å². The lowest BCUT2D eigenvalue weighted by Crippen LogP contribution is -2.33. The summed E-state index contributed by atoms with van der Waals surface area (Å²) in [6.07, 6.45) is 7.42. The highest BCUT2D eigenvalue weighted by Gasteiger charge is 2.40. The van der Waals surface area contributed by atoms with Crippen molar-refractivity contribution in [3.8, 4) is 0 Å². The van der Waals surface area contributed by atoms with Crippen LogP contribution in [-0.2, 0) is 10.2 Å². The summed E-state index contributed by atoms with van der Waals surface area (Å²) in [5.41, 5.74) is 3.17. The molecule has 0 bridgehead atoms. The normalized spacial score (nSPS) is 24.1. The zero-order valence-electron chi connectivity index (χ0n) is 11.1. The van der Waals surface area contributed by atoms with Crippen LogP contribution < -0.4 is 0 Å². The fourth-order valence-corrected chi connectivity index (χ4v) is 3.21. The van der Waals surface area contributed by atoms with Crippen LogP contribution >= 0.6 is 24.4 Å². The van der Waals surface area contributed by atoms with Gasteiger partial charge in [-0.25, -0.2) is 0 Å². The van der Waals surface area contributed by atoms with Gasteiger partial charge in [0.2, 0.25) is 0 Å². The molecule has 2 nitrogen and oxygen atoms in total. The molecule has 1 aromatic rings. The molecule has 2 rings (SSSR count). The summed E-state index contributed by atoms with van der Waals surface area (Å²) in [6, 6.07) is 3.85. The molecule has 100 valence electrons. The minimum atomic E-state index is -0.518. The third-order valence-corrected chi connectivity index (χ3v) is 4.27. The van der Waals surface area contributed by atoms with Gasteiger partial charge >= 0.3 is 0 Å². The van der Waals surface area contributed by atoms with Crippen molar-refractivity contribution in [3.63, 3.8) is 0 Å². The van der Waals surface area contributed by atoms with Crippen LogP contribution in [0.15, 0.2) is 47.3 Å². The number of hydrogen-bond donors (Lipinski definition) is 0. The molecule has 0 radical (unpaired) electrons. The van der Waals surface area contributed by atoms with Gasteiger partial charge in [0.25, 0.3) is 0 Å². The Morgan fingerprint density at radius 2 is 2.15 bits per heavy atom. The molecule has 1 aromatic heterocycles. The van der Waals surface area contributed by atoms with Gasteiger partial charge in [0.15, 0.2) is 0 Å². The summed E-state index contributed by atoms with van der Waals surface area (Å²) in [7, 11) is 0. The van der Waals surface area contributed by atoms with Crippen LogP contribution in [0.2, 0.25) is 0 Å². The Balaban J connectivity index is 2.74. The lowest BCUT2D eigenvalue weighted by Gasteiger charge is -2.38. The maximum Gasteiger partial charge on any atom is 0.142 e. The Hall–Kier alpha value is -1.70. The molecule has 1 unspecified atom stereocenters. The predicted octanol–water partition coefficient (Wildman–Crippen LogP) is 3.31. The second-order valence-corrected chi connectivity index (χ2v) is 5.16. The summed E-state index contributed by atoms with van der Waals surface area (Å²) < 4.78 is 0. The smallest absolute Gasteiger partial charge is 0.142 e. The summed E-state index contributed by atoms with van der Waals surface area (Å²) >= 11 is 10.0. The topological polar surface area (TPSA) is 30.0 Å². The summed E-state index contributed by atoms with van der Waals surface area (Å²) in [6.45, 7) is 2.03. The van der Waals surface area contributed by atoms with Crippen molar-refractivity contribution >= 4 is 40.8 Å². The van der Waals surface area contributed by atoms with E-state index in [-0.39, 0.29) is 0 Å². The number of hydrogen-bond acceptors (Lipinski definition) is 4. The average molecular weight is 299 g/mol. The number of rotatable bonds is 2. The van der Waals surface area contributed by atoms with Crippen LogP contribution in [0.3, 0.4) is 0 Å². The van der Waals surface area contributed by atoms with Gasteiger partial charge in [0.1, 0.15) is 6.29 Å². The first-order valence-corrected chi connectivity index (χ1v) is 7.05. The largest absolute Gasteiger partial charge is 0.299 e. The van der Waals surface area contributed by atoms with Crippen LogP contribution in [0.25, 0.3) is 0 Å². The molecular formula is C16H13NOS2. The summed E-state index contributed by atoms with van der Waals surface area (Å²) in [5, 5.41) is 5.62. The highest BCUT2D eigenvalue weighted by atomic mass is 32.1. The first kappa shape index (κ1) is 14.7. The average Bonchev–Trinajstić information content (AvgIpc) is 2.50. The number of aldehydes is 1. The maximum atomic E-state index is 10.9. The van der Waals surface area contributed by atoms with Crippen molar-refractivity contribution < 1.29 is 4.79 Å². The zero-order valence-corrected chi connectivity index (χ0v) is 12.7. The van der Waals surface area contributed by atoms with Gasteiger partial charge < -0.3 is 0 Å². The molecule has 1 aliphatic rings. The van der Waals surface area contributed by atoms with Gasteiger partial charge in [-0.3, -0.25) is 9.78 Å². The molecule has 0 aromatic carbocycles. The molecule has 0 N–H and O–H groups in total. The van der Waals surface area contributed by atoms with E-state index in [0.717, 1.165) is 41.4 Å². The standard InChI is InChI=1S/C16H13NOS2/c1-16(14-3-2-7-17-9-14)13(6-8-18)5-4-12(10-19)15(16)11-20/h2-3,6-9H,4-5H2,1H3. The van der Waals surface area contributed by atoms with E-state index in [1.807, 2.05) is 19.1 Å². The van der Waals surface area contributed by atoms with E-state index >= 15 is 0 Å². The monoisotopic (exact) mass is 299 g/mol. The minimum Gasteiger partial charge on any atom is -0.299 e. The number of pyridine rings is 1. The molecule has 0 aliphatic heterocycles. The van der Waals surface area contributed by atoms with Crippen molar-refractivity contribution in [2.45, 2.75) is 25.2 Å². The van der Waals surface area contributed by atoms with Crippen molar-refractivity contribution in [3.05, 3.63) is 52.9 Å². The first-order valence-electron chi connectivity index (χ1n) is 6.23. The Morgan fingerprint density at radius 1 is 1.35 bits per heavy atom. The molecule has 1 saturated carbocycles. The van der Waals surface area contributed by atoms with E-state index < -0.39 is 5.41 Å². The number of thiocarbonyl (C=S) groups is 2. The second kappa shape index (κ2) is 6.17. The Labute approximate surface area is 128 Å². The van der Waals surface area contributed by atoms with E-state index in [9.17, 15) is 4.79 Å². The van der Waals surface area contributed by atoms with Crippen LogP contribution in [-0.4, -0.2) is 21.3 Å². The Morgan fingerprint density at radius 3 is 2.70 bits per heavy atom. The van der Waals surface area contributed by atoms with Gasteiger partial charge in [0, 0.05) is 29.0 Å². The maximum absolute atomic E-state index is 10.9. The minimum absolute atomic E-state index is 0.518. The molecule has 1 heterocycles. The SMILES string of the molecule is CC1(c2cccnc2)C(=C=S)C(=C=S)CCC1=CC=O. The van der Waals surface area contributed by atoms with Crippen molar-refractivity contribution in [1.82, 2.24) is 4.98 Å². The zero-order chi connectivity index (χ0) is 14.6. The number of allylic oxidation sites excluding steroid dienone is 4. The molecule has 4 heteroatoms. The van der Waals surface area contributed by atoms with Gasteiger partial charge in [-0.1, -0.05) is 11.6 Å². The van der Waals surface area contributed by atoms with Crippen LogP contribution in [0.1, 0.15) is 25.3 Å². The predicted molar refractivity (Wildman–Crippen MR) is 87.2 cm³/mol. The van der Waals surface area contributed by atoms with E-state index in [0.29, 0.717) is 0 Å². The highest BCUT2D eigenvalue weighted by molar-refractivity contribution is 7.78. The second-order valence-electron chi connectivity index (χ2n) is 4.75. The van der Waals surface area contributed by atoms with Gasteiger partial charge in [-0.15, -0.1) is 0 Å². The number of nitrogens with zero attached hydrogens (tertiary/aromatic N) is 1. The van der Waals surface area contributed by atoms with Crippen molar-refractivity contribution in [2.75, 3.05) is 0 Å². The Bertz CT molecular complexity index is 665. The van der Waals surface area contributed by atoms with Crippen molar-refractivity contribution in [2.24, 2.45) is 0 Å². The molecule has 20 heavy (non-hydrogen) atoms. The molecule has 0 amide bonds. The molecule has 1 atom stereocenters. The molecule has 1 aliphatic carbocycles. The number of carbonyl (C=O) groups excluding carboxylic acids is 1. The van der Waals surface area contributed by atoms with E-state index in [2.05, 4.69) is 15.0 Å². The fourth-order valence-electron chi connectivity index (χ4n) is 2.68. The van der Waals surface area contributed by atoms with Crippen molar-refractivity contribution in [1.29, 1.82) is 0 Å². The molecule has 0 spiro atoms. The van der Waals surface area contributed by atoms with Gasteiger partial charge in [-0.2, -0.15) is 0 Å². The summed E-state index contributed by atoms with van der Waals surface area (Å²) in [4.78, 5) is 15.1. The quantitative estimate of drug-likeness (QED) is 0.476. The third-order valence-electron chi connectivity index (χ3n) is 3.82. The lowest BCUT2D eigenvalue weighted by molar-refractivity contribution is -0.104. The molecular weight excluding hydrogens is 286 g/mol. The summed E-state index contributed by atoms with van der Waals surface area (Å²) in [5.74, 6) is 0. The van der Waals surface area contributed by atoms with E-state index in [1.54, 1.807) is 18.5 Å². The fraction of sp³-hybridized carbons (Fsp3) is 0.250. The Kier molecular flexibility index (Phi) is 4.53. The molecule has 0 saturated heterocycles. The van der Waals surface area contributed by atoms with Gasteiger partial charge in [-0.05, 0) is 72.0 Å². The van der Waals surface area contributed by atoms with Crippen LogP contribution in [0, 0.1) is 0 Å². The highest BCUT2D eigenvalue weighted by Crippen LogP contribution is 2.47. The van der Waals surface area contributed by atoms with Crippen LogP contribution in [0.4, 0.5) is 0 Å². The van der Waals surface area contributed by atoms with Gasteiger partial charge in [0.05, 0.1) is 0 Å². The lowest BCUT2D eigenvalue weighted by atomic mass is 9.63. The van der Waals surface area contributed by atoms with Crippen LogP contribution in [0.5, 0.6) is 0 Å². The third kappa shape index (κ3) is 2.35. The first-order chi connectivity index (χ1) is 9.68. The van der Waals surface area contributed by atoms with E-state index in [1.165, 1.54) is 0 Å². The number of carbonyl (C=O) groups is 1.